The molecular weight excluding hydrogens is 446 g/mol. The van der Waals surface area contributed by atoms with Gasteiger partial charge in [-0.15, -0.1) is 0 Å². The van der Waals surface area contributed by atoms with Crippen molar-refractivity contribution < 1.29 is 32.2 Å². The number of halogens is 1. The number of rotatable bonds is 6. The second-order valence-corrected chi connectivity index (χ2v) is 9.02. The van der Waals surface area contributed by atoms with E-state index in [9.17, 15) is 13.2 Å². The molecule has 164 valence electrons. The van der Waals surface area contributed by atoms with E-state index in [1.54, 1.807) is 19.9 Å². The highest BCUT2D eigenvalue weighted by atomic mass is 35.5. The second-order valence-electron chi connectivity index (χ2n) is 6.90. The van der Waals surface area contributed by atoms with E-state index in [1.165, 1.54) is 37.4 Å². The van der Waals surface area contributed by atoms with Gasteiger partial charge < -0.3 is 18.9 Å². The van der Waals surface area contributed by atoms with E-state index in [1.807, 2.05) is 0 Å². The summed E-state index contributed by atoms with van der Waals surface area (Å²) in [6, 6.07) is 8.91. The Morgan fingerprint density at radius 1 is 1.19 bits per heavy atom. The number of sulfonamides is 1. The second kappa shape index (κ2) is 9.06. The van der Waals surface area contributed by atoms with Gasteiger partial charge in [-0.3, -0.25) is 4.72 Å². The number of fused-ring (bicyclic) bond motifs is 1. The normalized spacial score (nSPS) is 12.6. The monoisotopic (exact) mass is 465 g/mol. The molecule has 0 unspecified atom stereocenters. The number of benzene rings is 2. The van der Waals surface area contributed by atoms with Crippen LogP contribution in [0.15, 0.2) is 41.3 Å². The maximum atomic E-state index is 12.8. The number of ether oxygens (including phenoxy) is 4. The van der Waals surface area contributed by atoms with E-state index in [-0.39, 0.29) is 24.0 Å². The average Bonchev–Trinajstić information content (AvgIpc) is 3.20. The summed E-state index contributed by atoms with van der Waals surface area (Å²) in [7, 11) is -2.66. The first-order valence-corrected chi connectivity index (χ1v) is 10.9. The van der Waals surface area contributed by atoms with Crippen molar-refractivity contribution >= 4 is 33.3 Å². The van der Waals surface area contributed by atoms with Gasteiger partial charge in [-0.1, -0.05) is 23.4 Å². The van der Waals surface area contributed by atoms with Crippen molar-refractivity contribution in [3.05, 3.63) is 47.0 Å². The molecule has 1 heterocycles. The Hall–Kier alpha value is -2.93. The van der Waals surface area contributed by atoms with Gasteiger partial charge in [0.2, 0.25) is 6.79 Å². The van der Waals surface area contributed by atoms with Crippen LogP contribution in [0, 0.1) is 11.8 Å². The highest BCUT2D eigenvalue weighted by Crippen LogP contribution is 2.34. The Kier molecular flexibility index (Phi) is 6.65. The molecule has 0 aliphatic carbocycles. The van der Waals surface area contributed by atoms with Gasteiger partial charge in [0, 0.05) is 11.1 Å². The van der Waals surface area contributed by atoms with Gasteiger partial charge in [-0.25, -0.2) is 13.2 Å². The zero-order valence-corrected chi connectivity index (χ0v) is 18.6. The van der Waals surface area contributed by atoms with Gasteiger partial charge in [0.15, 0.2) is 17.1 Å². The van der Waals surface area contributed by atoms with Crippen LogP contribution in [0.2, 0.25) is 5.02 Å². The summed E-state index contributed by atoms with van der Waals surface area (Å²) in [6.07, 6.45) is 0. The molecule has 1 N–H and O–H groups in total. The van der Waals surface area contributed by atoms with Crippen LogP contribution in [-0.2, 0) is 24.3 Å². The van der Waals surface area contributed by atoms with E-state index in [2.05, 4.69) is 21.3 Å². The minimum absolute atomic E-state index is 0.00812. The van der Waals surface area contributed by atoms with E-state index in [0.717, 1.165) is 0 Å². The SMILES string of the molecule is COC(=O)C(C)(C)OCC#Cc1cc(Cl)ccc1NS(=O)(=O)c1ccc2c(c1)OCO2. The number of anilines is 1. The highest BCUT2D eigenvalue weighted by Gasteiger charge is 2.29. The third kappa shape index (κ3) is 5.41. The standard InChI is InChI=1S/C21H20ClNO7S/c1-21(2,20(24)27-3)30-10-4-5-14-11-15(22)6-8-17(14)23-31(25,26)16-7-9-18-19(12-16)29-13-28-18/h6-9,11-12,23H,10,13H2,1-3H3. The third-order valence-electron chi connectivity index (χ3n) is 4.29. The fourth-order valence-corrected chi connectivity index (χ4v) is 3.88. The van der Waals surface area contributed by atoms with Gasteiger partial charge >= 0.3 is 5.97 Å². The molecule has 3 rings (SSSR count). The molecule has 1 aliphatic rings. The van der Waals surface area contributed by atoms with E-state index in [0.29, 0.717) is 22.1 Å². The first kappa shape index (κ1) is 22.7. The van der Waals surface area contributed by atoms with Crippen molar-refractivity contribution in [2.75, 3.05) is 25.2 Å². The summed E-state index contributed by atoms with van der Waals surface area (Å²) < 4.78 is 48.7. The molecule has 2 aromatic carbocycles. The number of carbonyl (C=O) groups is 1. The van der Waals surface area contributed by atoms with Gasteiger partial charge in [-0.05, 0) is 44.2 Å². The van der Waals surface area contributed by atoms with Crippen LogP contribution < -0.4 is 14.2 Å². The number of nitrogens with one attached hydrogen (secondary N) is 1. The summed E-state index contributed by atoms with van der Waals surface area (Å²) >= 11 is 6.05. The summed E-state index contributed by atoms with van der Waals surface area (Å²) in [5.74, 6) is 5.87. The van der Waals surface area contributed by atoms with Gasteiger partial charge in [0.1, 0.15) is 6.61 Å². The fraction of sp³-hybridized carbons (Fsp3) is 0.286. The molecule has 1 aliphatic heterocycles. The number of carbonyl (C=O) groups excluding carboxylic acids is 1. The van der Waals surface area contributed by atoms with Gasteiger partial charge in [-0.2, -0.15) is 0 Å². The van der Waals surface area contributed by atoms with Crippen molar-refractivity contribution in [3.63, 3.8) is 0 Å². The molecule has 0 saturated carbocycles. The van der Waals surface area contributed by atoms with E-state index < -0.39 is 21.6 Å². The first-order chi connectivity index (χ1) is 14.6. The summed E-state index contributed by atoms with van der Waals surface area (Å²) in [5, 5.41) is 0.381. The lowest BCUT2D eigenvalue weighted by atomic mass is 10.1. The van der Waals surface area contributed by atoms with Crippen molar-refractivity contribution in [2.45, 2.75) is 24.3 Å². The number of esters is 1. The molecule has 0 atom stereocenters. The van der Waals surface area contributed by atoms with Crippen LogP contribution >= 0.6 is 11.6 Å². The minimum atomic E-state index is -3.93. The molecule has 2 aromatic rings. The average molecular weight is 466 g/mol. The zero-order chi connectivity index (χ0) is 22.6. The van der Waals surface area contributed by atoms with Gasteiger partial charge in [0.05, 0.1) is 23.3 Å². The quantitative estimate of drug-likeness (QED) is 0.516. The molecule has 0 amide bonds. The summed E-state index contributed by atoms with van der Waals surface area (Å²) in [4.78, 5) is 11.7. The van der Waals surface area contributed by atoms with Crippen molar-refractivity contribution in [2.24, 2.45) is 0 Å². The molecule has 0 aromatic heterocycles. The van der Waals surface area contributed by atoms with E-state index in [4.69, 9.17) is 25.8 Å². The van der Waals surface area contributed by atoms with Crippen LogP contribution in [0.5, 0.6) is 11.5 Å². The Balaban J connectivity index is 1.80. The molecule has 31 heavy (non-hydrogen) atoms. The van der Waals surface area contributed by atoms with Crippen LogP contribution in [-0.4, -0.2) is 40.5 Å². The highest BCUT2D eigenvalue weighted by molar-refractivity contribution is 7.92. The fourth-order valence-electron chi connectivity index (χ4n) is 2.61. The predicted octanol–water partition coefficient (Wildman–Crippen LogP) is 3.19. The topological polar surface area (TPSA) is 100 Å². The molecule has 0 radical (unpaired) electrons. The molecule has 0 saturated heterocycles. The molecule has 10 heteroatoms. The summed E-state index contributed by atoms with van der Waals surface area (Å²) in [5.41, 5.74) is -0.584. The van der Waals surface area contributed by atoms with Crippen molar-refractivity contribution in [1.29, 1.82) is 0 Å². The maximum Gasteiger partial charge on any atom is 0.337 e. The van der Waals surface area contributed by atoms with Crippen LogP contribution in [0.4, 0.5) is 5.69 Å². The number of hydrogen-bond donors (Lipinski definition) is 1. The Labute approximate surface area is 185 Å². The Bertz CT molecular complexity index is 1170. The lowest BCUT2D eigenvalue weighted by molar-refractivity contribution is -0.163. The minimum Gasteiger partial charge on any atom is -0.467 e. The van der Waals surface area contributed by atoms with E-state index >= 15 is 0 Å². The summed E-state index contributed by atoms with van der Waals surface area (Å²) in [6.45, 7) is 3.08. The van der Waals surface area contributed by atoms with Crippen LogP contribution in [0.3, 0.4) is 0 Å². The third-order valence-corrected chi connectivity index (χ3v) is 5.88. The smallest absolute Gasteiger partial charge is 0.337 e. The Morgan fingerprint density at radius 3 is 2.68 bits per heavy atom. The molecule has 0 spiro atoms. The predicted molar refractivity (Wildman–Crippen MR) is 114 cm³/mol. The largest absolute Gasteiger partial charge is 0.467 e. The first-order valence-electron chi connectivity index (χ1n) is 9.06. The zero-order valence-electron chi connectivity index (χ0n) is 17.0. The molecule has 0 bridgehead atoms. The molecule has 8 nitrogen and oxygen atoms in total. The van der Waals surface area contributed by atoms with Crippen LogP contribution in [0.1, 0.15) is 19.4 Å². The van der Waals surface area contributed by atoms with Gasteiger partial charge in [0.25, 0.3) is 10.0 Å². The lowest BCUT2D eigenvalue weighted by Gasteiger charge is -2.20. The Morgan fingerprint density at radius 2 is 1.94 bits per heavy atom. The van der Waals surface area contributed by atoms with Crippen molar-refractivity contribution in [3.8, 4) is 23.3 Å². The lowest BCUT2D eigenvalue weighted by Crippen LogP contribution is -2.36. The number of hydrogen-bond acceptors (Lipinski definition) is 7. The van der Waals surface area contributed by atoms with Crippen molar-refractivity contribution in [1.82, 2.24) is 0 Å². The maximum absolute atomic E-state index is 12.8. The molecule has 0 fully saturated rings. The number of methoxy groups -OCH3 is 1. The molecular formula is C21H20ClNO7S. The van der Waals surface area contributed by atoms with Crippen LogP contribution in [0.25, 0.3) is 0 Å².